The van der Waals surface area contributed by atoms with Crippen molar-refractivity contribution in [3.63, 3.8) is 0 Å². The lowest BCUT2D eigenvalue weighted by Crippen LogP contribution is -1.97. The van der Waals surface area contributed by atoms with Gasteiger partial charge in [-0.2, -0.15) is 5.10 Å². The summed E-state index contributed by atoms with van der Waals surface area (Å²) in [5.41, 5.74) is 0. The molecule has 0 bridgehead atoms. The summed E-state index contributed by atoms with van der Waals surface area (Å²) < 4.78 is 5.25. The van der Waals surface area contributed by atoms with E-state index in [4.69, 9.17) is 4.74 Å². The van der Waals surface area contributed by atoms with E-state index in [9.17, 15) is 0 Å². The van der Waals surface area contributed by atoms with Crippen LogP contribution in [0.2, 0.25) is 0 Å². The Morgan fingerprint density at radius 3 is 2.79 bits per heavy atom. The van der Waals surface area contributed by atoms with Gasteiger partial charge in [0, 0.05) is 25.6 Å². The van der Waals surface area contributed by atoms with Crippen LogP contribution in [0.15, 0.2) is 0 Å². The third-order valence-electron chi connectivity index (χ3n) is 1.97. The molecule has 0 aliphatic heterocycles. The van der Waals surface area contributed by atoms with Gasteiger partial charge in [0.2, 0.25) is 0 Å². The van der Waals surface area contributed by atoms with E-state index in [-0.39, 0.29) is 0 Å². The van der Waals surface area contributed by atoms with E-state index in [2.05, 4.69) is 29.0 Å². The highest BCUT2D eigenvalue weighted by atomic mass is 16.5. The summed E-state index contributed by atoms with van der Waals surface area (Å²) in [4.78, 5) is 4.39. The minimum absolute atomic E-state index is 0.395. The number of rotatable bonds is 6. The van der Waals surface area contributed by atoms with Crippen LogP contribution < -0.4 is 0 Å². The van der Waals surface area contributed by atoms with Crippen molar-refractivity contribution in [2.45, 2.75) is 39.5 Å². The van der Waals surface area contributed by atoms with Crippen molar-refractivity contribution < 1.29 is 4.74 Å². The van der Waals surface area contributed by atoms with Crippen molar-refractivity contribution >= 4 is 0 Å². The molecule has 1 N–H and O–H groups in total. The van der Waals surface area contributed by atoms with Gasteiger partial charge in [-0.05, 0) is 13.3 Å². The fourth-order valence-corrected chi connectivity index (χ4v) is 1.17. The predicted octanol–water partition coefficient (Wildman–Crippen LogP) is 1.90. The first kappa shape index (κ1) is 11.2. The van der Waals surface area contributed by atoms with Crippen LogP contribution in [0.25, 0.3) is 0 Å². The van der Waals surface area contributed by atoms with Crippen LogP contribution in [0, 0.1) is 0 Å². The Bertz CT molecular complexity index is 258. The van der Waals surface area contributed by atoms with Crippen LogP contribution in [0.4, 0.5) is 0 Å². The smallest absolute Gasteiger partial charge is 0.153 e. The molecule has 80 valence electrons. The first-order valence-corrected chi connectivity index (χ1v) is 5.23. The van der Waals surface area contributed by atoms with E-state index >= 15 is 0 Å². The molecule has 0 saturated carbocycles. The van der Waals surface area contributed by atoms with Crippen molar-refractivity contribution in [1.29, 1.82) is 0 Å². The summed E-state index contributed by atoms with van der Waals surface area (Å²) in [5.74, 6) is 2.26. The molecular formula is C10H19N3O. The van der Waals surface area contributed by atoms with Gasteiger partial charge in [0.15, 0.2) is 5.82 Å². The summed E-state index contributed by atoms with van der Waals surface area (Å²) in [6.45, 7) is 7.77. The molecule has 0 radical (unpaired) electrons. The van der Waals surface area contributed by atoms with Crippen molar-refractivity contribution in [2.24, 2.45) is 0 Å². The van der Waals surface area contributed by atoms with Gasteiger partial charge >= 0.3 is 0 Å². The number of ether oxygens (including phenoxy) is 1. The molecule has 0 amide bonds. The first-order valence-electron chi connectivity index (χ1n) is 5.23. The minimum Gasteiger partial charge on any atom is -0.382 e. The van der Waals surface area contributed by atoms with Crippen molar-refractivity contribution in [2.75, 3.05) is 13.2 Å². The Morgan fingerprint density at radius 1 is 1.43 bits per heavy atom. The molecular weight excluding hydrogens is 178 g/mol. The van der Waals surface area contributed by atoms with Gasteiger partial charge in [-0.15, -0.1) is 0 Å². The minimum atomic E-state index is 0.395. The molecule has 4 heteroatoms. The number of aromatic nitrogens is 3. The predicted molar refractivity (Wildman–Crippen MR) is 55.3 cm³/mol. The van der Waals surface area contributed by atoms with Gasteiger partial charge < -0.3 is 4.74 Å². The fourth-order valence-electron chi connectivity index (χ4n) is 1.17. The number of aryl methyl sites for hydroxylation is 1. The maximum absolute atomic E-state index is 5.25. The zero-order chi connectivity index (χ0) is 10.4. The normalized spacial score (nSPS) is 11.1. The zero-order valence-corrected chi connectivity index (χ0v) is 9.21. The first-order chi connectivity index (χ1) is 6.74. The van der Waals surface area contributed by atoms with Crippen LogP contribution in [-0.4, -0.2) is 28.4 Å². The Morgan fingerprint density at radius 2 is 2.21 bits per heavy atom. The Labute approximate surface area is 85.1 Å². The fraction of sp³-hybridized carbons (Fsp3) is 0.800. The summed E-state index contributed by atoms with van der Waals surface area (Å²) in [6.07, 6.45) is 1.92. The van der Waals surface area contributed by atoms with Gasteiger partial charge in [0.05, 0.1) is 0 Å². The molecule has 0 atom stereocenters. The lowest BCUT2D eigenvalue weighted by atomic mass is 10.2. The average molecular weight is 197 g/mol. The number of nitrogens with one attached hydrogen (secondary N) is 1. The molecule has 0 aliphatic carbocycles. The Kier molecular flexibility index (Phi) is 4.59. The van der Waals surface area contributed by atoms with Crippen molar-refractivity contribution in [1.82, 2.24) is 15.2 Å². The largest absolute Gasteiger partial charge is 0.382 e. The second kappa shape index (κ2) is 5.75. The highest BCUT2D eigenvalue weighted by Crippen LogP contribution is 2.08. The quantitative estimate of drug-likeness (QED) is 0.708. The molecule has 0 aromatic carbocycles. The lowest BCUT2D eigenvalue weighted by molar-refractivity contribution is 0.145. The summed E-state index contributed by atoms with van der Waals surface area (Å²) in [5, 5.41) is 7.09. The maximum atomic E-state index is 5.25. The van der Waals surface area contributed by atoms with Crippen LogP contribution in [0.5, 0.6) is 0 Å². The van der Waals surface area contributed by atoms with Crippen LogP contribution >= 0.6 is 0 Å². The van der Waals surface area contributed by atoms with E-state index < -0.39 is 0 Å². The number of hydrogen-bond acceptors (Lipinski definition) is 3. The average Bonchev–Trinajstić information content (AvgIpc) is 2.61. The van der Waals surface area contributed by atoms with Crippen LogP contribution in [0.3, 0.4) is 0 Å². The van der Waals surface area contributed by atoms with E-state index in [1.165, 1.54) is 0 Å². The van der Waals surface area contributed by atoms with E-state index in [0.29, 0.717) is 5.92 Å². The van der Waals surface area contributed by atoms with Gasteiger partial charge in [0.25, 0.3) is 0 Å². The number of hydrogen-bond donors (Lipinski definition) is 1. The summed E-state index contributed by atoms with van der Waals surface area (Å²) >= 11 is 0. The highest BCUT2D eigenvalue weighted by Gasteiger charge is 2.05. The molecule has 4 nitrogen and oxygen atoms in total. The number of nitrogens with zero attached hydrogens (tertiary/aromatic N) is 2. The van der Waals surface area contributed by atoms with Gasteiger partial charge in [-0.1, -0.05) is 13.8 Å². The van der Waals surface area contributed by atoms with Crippen molar-refractivity contribution in [3.05, 3.63) is 11.6 Å². The second-order valence-corrected chi connectivity index (χ2v) is 3.60. The molecule has 0 unspecified atom stereocenters. The Balaban J connectivity index is 2.29. The highest BCUT2D eigenvalue weighted by molar-refractivity contribution is 4.94. The molecule has 0 aliphatic rings. The third-order valence-corrected chi connectivity index (χ3v) is 1.97. The van der Waals surface area contributed by atoms with E-state index in [1.807, 2.05) is 6.92 Å². The molecule has 0 fully saturated rings. The SMILES string of the molecule is CCOCCCc1nc(C(C)C)n[nH]1. The number of aromatic amines is 1. The molecule has 1 heterocycles. The topological polar surface area (TPSA) is 50.8 Å². The standard InChI is InChI=1S/C10H19N3O/c1-4-14-7-5-6-9-11-10(8(2)3)13-12-9/h8H,4-7H2,1-3H3,(H,11,12,13). The second-order valence-electron chi connectivity index (χ2n) is 3.60. The van der Waals surface area contributed by atoms with Gasteiger partial charge in [-0.25, -0.2) is 4.98 Å². The summed E-state index contributed by atoms with van der Waals surface area (Å²) in [7, 11) is 0. The molecule has 1 aromatic heterocycles. The molecule has 1 rings (SSSR count). The third kappa shape index (κ3) is 3.46. The Hall–Kier alpha value is -0.900. The molecule has 0 saturated heterocycles. The number of H-pyrrole nitrogens is 1. The summed E-state index contributed by atoms with van der Waals surface area (Å²) in [6, 6.07) is 0. The van der Waals surface area contributed by atoms with Gasteiger partial charge in [0.1, 0.15) is 5.82 Å². The maximum Gasteiger partial charge on any atom is 0.153 e. The van der Waals surface area contributed by atoms with Gasteiger partial charge in [-0.3, -0.25) is 5.10 Å². The van der Waals surface area contributed by atoms with Crippen LogP contribution in [-0.2, 0) is 11.2 Å². The monoisotopic (exact) mass is 197 g/mol. The molecule has 14 heavy (non-hydrogen) atoms. The molecule has 0 spiro atoms. The van der Waals surface area contributed by atoms with Crippen LogP contribution in [0.1, 0.15) is 44.8 Å². The van der Waals surface area contributed by atoms with E-state index in [0.717, 1.165) is 37.7 Å². The lowest BCUT2D eigenvalue weighted by Gasteiger charge is -1.98. The van der Waals surface area contributed by atoms with Crippen molar-refractivity contribution in [3.8, 4) is 0 Å². The van der Waals surface area contributed by atoms with E-state index in [1.54, 1.807) is 0 Å². The zero-order valence-electron chi connectivity index (χ0n) is 9.21. The molecule has 1 aromatic rings.